The Balaban J connectivity index is 2.46. The second-order valence-electron chi connectivity index (χ2n) is 4.46. The van der Waals surface area contributed by atoms with Crippen LogP contribution in [0.25, 0.3) is 0 Å². The van der Waals surface area contributed by atoms with Gasteiger partial charge in [0.15, 0.2) is 14.7 Å². The summed E-state index contributed by atoms with van der Waals surface area (Å²) in [7, 11) is -8.08. The molecule has 0 heterocycles. The molecule has 0 aromatic heterocycles. The van der Waals surface area contributed by atoms with E-state index in [2.05, 4.69) is 0 Å². The lowest BCUT2D eigenvalue weighted by Crippen LogP contribution is -2.16. The highest BCUT2D eigenvalue weighted by Gasteiger charge is 2.24. The van der Waals surface area contributed by atoms with E-state index in [1.165, 1.54) is 18.2 Å². The van der Waals surface area contributed by atoms with E-state index >= 15 is 0 Å². The van der Waals surface area contributed by atoms with Crippen LogP contribution in [0.15, 0.2) is 52.3 Å². The highest BCUT2D eigenvalue weighted by Crippen LogP contribution is 2.23. The van der Waals surface area contributed by atoms with Crippen LogP contribution >= 0.6 is 0 Å². The number of nitrogens with one attached hydrogen (secondary N) is 1. The molecule has 0 fully saturated rings. The molecule has 0 saturated carbocycles. The van der Waals surface area contributed by atoms with Crippen molar-refractivity contribution in [2.24, 2.45) is 0 Å². The number of hydrogen-bond donors (Lipinski definition) is 1. The highest BCUT2D eigenvalue weighted by molar-refractivity contribution is 7.92. The first-order chi connectivity index (χ1) is 10.1. The smallest absolute Gasteiger partial charge is 0.267 e. The monoisotopic (exact) mass is 347 g/mol. The minimum Gasteiger partial charge on any atom is -0.279 e. The van der Waals surface area contributed by atoms with Gasteiger partial charge in [0.25, 0.3) is 10.0 Å². The first-order valence-corrected chi connectivity index (χ1v) is 9.26. The quantitative estimate of drug-likeness (QED) is 0.919. The molecule has 0 aliphatic carbocycles. The largest absolute Gasteiger partial charge is 0.279 e. The Bertz CT molecular complexity index is 905. The molecule has 5 nitrogen and oxygen atoms in total. The van der Waals surface area contributed by atoms with Gasteiger partial charge in [0.2, 0.25) is 0 Å². The van der Waals surface area contributed by atoms with Crippen molar-refractivity contribution in [1.29, 1.82) is 0 Å². The van der Waals surface area contributed by atoms with E-state index in [4.69, 9.17) is 0 Å². The molecule has 0 aliphatic rings. The Labute approximate surface area is 126 Å². The summed E-state index contributed by atoms with van der Waals surface area (Å²) in [5, 5.41) is 0. The van der Waals surface area contributed by atoms with Crippen LogP contribution in [0.3, 0.4) is 0 Å². The molecule has 1 N–H and O–H groups in total. The molecule has 2 aromatic rings. The van der Waals surface area contributed by atoms with Crippen LogP contribution in [0.2, 0.25) is 0 Å². The van der Waals surface area contributed by atoms with E-state index < -0.39 is 36.4 Å². The SMILES string of the molecule is CS(=O)(=O)c1cccc(NS(=O)(=O)c2c(F)cccc2F)c1. The fourth-order valence-corrected chi connectivity index (χ4v) is 3.59. The van der Waals surface area contributed by atoms with Gasteiger partial charge >= 0.3 is 0 Å². The number of rotatable bonds is 4. The van der Waals surface area contributed by atoms with Crippen molar-refractivity contribution in [2.75, 3.05) is 11.0 Å². The molecule has 0 bridgehead atoms. The van der Waals surface area contributed by atoms with Crippen molar-refractivity contribution in [2.45, 2.75) is 9.79 Å². The van der Waals surface area contributed by atoms with Gasteiger partial charge in [-0.15, -0.1) is 0 Å². The van der Waals surface area contributed by atoms with Crippen LogP contribution in [-0.2, 0) is 19.9 Å². The molecule has 0 saturated heterocycles. The van der Waals surface area contributed by atoms with Gasteiger partial charge in [-0.1, -0.05) is 12.1 Å². The predicted octanol–water partition coefficient (Wildman–Crippen LogP) is 2.17. The number of anilines is 1. The van der Waals surface area contributed by atoms with Crippen molar-refractivity contribution in [3.63, 3.8) is 0 Å². The third kappa shape index (κ3) is 3.42. The van der Waals surface area contributed by atoms with E-state index in [9.17, 15) is 25.6 Å². The molecule has 0 atom stereocenters. The topological polar surface area (TPSA) is 80.3 Å². The molecule has 2 aromatic carbocycles. The minimum absolute atomic E-state index is 0.120. The Hall–Kier alpha value is -2.00. The van der Waals surface area contributed by atoms with Crippen molar-refractivity contribution in [1.82, 2.24) is 0 Å². The summed E-state index contributed by atoms with van der Waals surface area (Å²) in [6.07, 6.45) is 0.956. The first-order valence-electron chi connectivity index (χ1n) is 5.88. The molecule has 9 heteroatoms. The molecule has 22 heavy (non-hydrogen) atoms. The average Bonchev–Trinajstić information content (AvgIpc) is 2.36. The van der Waals surface area contributed by atoms with Crippen molar-refractivity contribution in [3.8, 4) is 0 Å². The lowest BCUT2D eigenvalue weighted by Gasteiger charge is -2.10. The molecule has 0 unspecified atom stereocenters. The summed E-state index contributed by atoms with van der Waals surface area (Å²) in [6.45, 7) is 0. The van der Waals surface area contributed by atoms with Crippen LogP contribution in [-0.4, -0.2) is 23.1 Å². The van der Waals surface area contributed by atoms with E-state index in [-0.39, 0.29) is 10.6 Å². The van der Waals surface area contributed by atoms with Crippen LogP contribution in [0.1, 0.15) is 0 Å². The second kappa shape index (κ2) is 5.65. The molecule has 0 amide bonds. The van der Waals surface area contributed by atoms with Crippen molar-refractivity contribution < 1.29 is 25.6 Å². The fourth-order valence-electron chi connectivity index (χ4n) is 1.74. The van der Waals surface area contributed by atoms with Gasteiger partial charge in [-0.2, -0.15) is 0 Å². The zero-order chi connectivity index (χ0) is 16.5. The number of halogens is 2. The third-order valence-electron chi connectivity index (χ3n) is 2.70. The van der Waals surface area contributed by atoms with Crippen LogP contribution in [0.5, 0.6) is 0 Å². The summed E-state index contributed by atoms with van der Waals surface area (Å²) in [6, 6.07) is 7.57. The Morgan fingerprint density at radius 1 is 0.909 bits per heavy atom. The maximum absolute atomic E-state index is 13.6. The van der Waals surface area contributed by atoms with Crippen molar-refractivity contribution in [3.05, 3.63) is 54.1 Å². The van der Waals surface area contributed by atoms with Gasteiger partial charge in [-0.3, -0.25) is 4.72 Å². The Morgan fingerprint density at radius 2 is 1.45 bits per heavy atom. The predicted molar refractivity (Wildman–Crippen MR) is 76.7 cm³/mol. The van der Waals surface area contributed by atoms with Gasteiger partial charge in [0.1, 0.15) is 11.6 Å². The number of sulfone groups is 1. The van der Waals surface area contributed by atoms with Crippen LogP contribution in [0, 0.1) is 11.6 Å². The number of hydrogen-bond acceptors (Lipinski definition) is 4. The third-order valence-corrected chi connectivity index (χ3v) is 5.24. The summed E-state index contributed by atoms with van der Waals surface area (Å²) < 4.78 is 76.1. The van der Waals surface area contributed by atoms with Crippen molar-refractivity contribution >= 4 is 25.5 Å². The Morgan fingerprint density at radius 3 is 2.00 bits per heavy atom. The number of benzene rings is 2. The van der Waals surface area contributed by atoms with Gasteiger partial charge in [0, 0.05) is 6.26 Å². The fraction of sp³-hybridized carbons (Fsp3) is 0.0769. The molecule has 0 aliphatic heterocycles. The lowest BCUT2D eigenvalue weighted by atomic mass is 10.3. The zero-order valence-corrected chi connectivity index (χ0v) is 12.9. The summed E-state index contributed by atoms with van der Waals surface area (Å²) in [5.41, 5.74) is -0.120. The number of sulfonamides is 1. The lowest BCUT2D eigenvalue weighted by molar-refractivity contribution is 0.521. The average molecular weight is 347 g/mol. The van der Waals surface area contributed by atoms with Gasteiger partial charge in [-0.05, 0) is 30.3 Å². The maximum Gasteiger partial charge on any atom is 0.267 e. The Kier molecular flexibility index (Phi) is 4.21. The maximum atomic E-state index is 13.6. The van der Waals surface area contributed by atoms with Gasteiger partial charge in [0.05, 0.1) is 10.6 Å². The van der Waals surface area contributed by atoms with Crippen LogP contribution < -0.4 is 4.72 Å². The molecule has 118 valence electrons. The normalized spacial score (nSPS) is 12.1. The molecule has 0 spiro atoms. The molecular weight excluding hydrogens is 336 g/mol. The standard InChI is InChI=1S/C13H11F2NO4S2/c1-21(17,18)10-5-2-4-9(8-10)16-22(19,20)13-11(14)6-3-7-12(13)15/h2-8,16H,1H3. The summed E-state index contributed by atoms with van der Waals surface area (Å²) >= 11 is 0. The minimum atomic E-state index is -4.53. The first kappa shape index (κ1) is 16.4. The van der Waals surface area contributed by atoms with E-state index in [1.54, 1.807) is 0 Å². The van der Waals surface area contributed by atoms with Gasteiger partial charge < -0.3 is 0 Å². The van der Waals surface area contributed by atoms with E-state index in [0.717, 1.165) is 30.5 Å². The van der Waals surface area contributed by atoms with E-state index in [1.807, 2.05) is 4.72 Å². The van der Waals surface area contributed by atoms with Crippen LogP contribution in [0.4, 0.5) is 14.5 Å². The second-order valence-corrected chi connectivity index (χ2v) is 8.09. The highest BCUT2D eigenvalue weighted by atomic mass is 32.2. The molecule has 0 radical (unpaired) electrons. The van der Waals surface area contributed by atoms with E-state index in [0.29, 0.717) is 0 Å². The molecule has 2 rings (SSSR count). The van der Waals surface area contributed by atoms with Gasteiger partial charge in [-0.25, -0.2) is 25.6 Å². The zero-order valence-electron chi connectivity index (χ0n) is 11.2. The summed E-state index contributed by atoms with van der Waals surface area (Å²) in [5.74, 6) is -2.49. The molecular formula is C13H11F2NO4S2. The summed E-state index contributed by atoms with van der Waals surface area (Å²) in [4.78, 5) is -1.25.